The first kappa shape index (κ1) is 21.2. The highest BCUT2D eigenvalue weighted by Gasteiger charge is 2.18. The van der Waals surface area contributed by atoms with E-state index in [0.29, 0.717) is 31.5 Å². The lowest BCUT2D eigenvalue weighted by Crippen LogP contribution is -2.36. The van der Waals surface area contributed by atoms with Crippen molar-refractivity contribution in [3.05, 3.63) is 47.2 Å². The van der Waals surface area contributed by atoms with Crippen molar-refractivity contribution in [3.8, 4) is 0 Å². The monoisotopic (exact) mass is 399 g/mol. The Labute approximate surface area is 173 Å². The second-order valence-corrected chi connectivity index (χ2v) is 7.58. The highest BCUT2D eigenvalue weighted by molar-refractivity contribution is 5.79. The van der Waals surface area contributed by atoms with E-state index in [0.717, 1.165) is 49.9 Å². The number of aliphatic hydroxyl groups excluding tert-OH is 1. The summed E-state index contributed by atoms with van der Waals surface area (Å²) in [7, 11) is 0. The second kappa shape index (κ2) is 10.3. The van der Waals surface area contributed by atoms with Crippen molar-refractivity contribution >= 4 is 11.6 Å². The fraction of sp³-hybridized carbons (Fsp3) is 0.545. The first-order chi connectivity index (χ1) is 14.1. The molecule has 0 unspecified atom stereocenters. The van der Waals surface area contributed by atoms with Crippen molar-refractivity contribution < 1.29 is 9.52 Å². The van der Waals surface area contributed by atoms with Gasteiger partial charge in [0, 0.05) is 31.9 Å². The Kier molecular flexibility index (Phi) is 7.52. The van der Waals surface area contributed by atoms with Crippen LogP contribution in [0.3, 0.4) is 0 Å². The Morgan fingerprint density at radius 2 is 1.93 bits per heavy atom. The summed E-state index contributed by atoms with van der Waals surface area (Å²) in [4.78, 5) is 11.5. The molecule has 0 amide bonds. The third-order valence-electron chi connectivity index (χ3n) is 5.42. The summed E-state index contributed by atoms with van der Waals surface area (Å²) >= 11 is 0. The van der Waals surface area contributed by atoms with Gasteiger partial charge >= 0.3 is 0 Å². The van der Waals surface area contributed by atoms with Crippen molar-refractivity contribution in [1.29, 1.82) is 0 Å². The van der Waals surface area contributed by atoms with E-state index in [-0.39, 0.29) is 0 Å². The zero-order valence-corrected chi connectivity index (χ0v) is 17.7. The number of oxazole rings is 1. The molecule has 0 bridgehead atoms. The molecular formula is C22H33N5O2. The Balaban J connectivity index is 1.54. The molecule has 2 heterocycles. The van der Waals surface area contributed by atoms with Crippen LogP contribution in [0.4, 0.5) is 5.69 Å². The van der Waals surface area contributed by atoms with Crippen molar-refractivity contribution in [3.63, 3.8) is 0 Å². The van der Waals surface area contributed by atoms with Crippen LogP contribution in [0.15, 0.2) is 33.7 Å². The van der Waals surface area contributed by atoms with Crippen LogP contribution in [0.25, 0.3) is 0 Å². The van der Waals surface area contributed by atoms with Gasteiger partial charge in [-0.2, -0.15) is 0 Å². The molecule has 0 radical (unpaired) electrons. The molecule has 0 aliphatic carbocycles. The minimum atomic E-state index is 0.308. The number of hydrogen-bond donors (Lipinski definition) is 3. The van der Waals surface area contributed by atoms with Gasteiger partial charge in [0.1, 0.15) is 5.76 Å². The molecule has 1 fully saturated rings. The summed E-state index contributed by atoms with van der Waals surface area (Å²) in [5.74, 6) is 2.72. The van der Waals surface area contributed by atoms with Crippen LogP contribution >= 0.6 is 0 Å². The van der Waals surface area contributed by atoms with E-state index in [2.05, 4.69) is 49.8 Å². The topological polar surface area (TPSA) is 85.9 Å². The molecule has 1 aromatic carbocycles. The highest BCUT2D eigenvalue weighted by atomic mass is 16.4. The fourth-order valence-electron chi connectivity index (χ4n) is 3.47. The zero-order valence-electron chi connectivity index (χ0n) is 17.7. The second-order valence-electron chi connectivity index (χ2n) is 7.58. The van der Waals surface area contributed by atoms with Crippen LogP contribution in [0.2, 0.25) is 0 Å². The Morgan fingerprint density at radius 1 is 1.21 bits per heavy atom. The Morgan fingerprint density at radius 3 is 2.52 bits per heavy atom. The van der Waals surface area contributed by atoms with Crippen LogP contribution in [0.5, 0.6) is 0 Å². The maximum absolute atomic E-state index is 9.29. The third kappa shape index (κ3) is 5.97. The number of benzene rings is 1. The average Bonchev–Trinajstić information content (AvgIpc) is 3.08. The summed E-state index contributed by atoms with van der Waals surface area (Å²) in [6.45, 7) is 10.1. The van der Waals surface area contributed by atoms with Crippen LogP contribution in [-0.2, 0) is 13.1 Å². The van der Waals surface area contributed by atoms with E-state index < -0.39 is 0 Å². The van der Waals surface area contributed by atoms with Crippen molar-refractivity contribution in [2.75, 3.05) is 31.1 Å². The zero-order chi connectivity index (χ0) is 20.6. The predicted molar refractivity (Wildman–Crippen MR) is 116 cm³/mol. The number of piperidine rings is 1. The first-order valence-electron chi connectivity index (χ1n) is 10.5. The summed E-state index contributed by atoms with van der Waals surface area (Å²) in [6.07, 6.45) is 2.12. The molecule has 2 aromatic rings. The molecule has 0 atom stereocenters. The molecule has 7 heteroatoms. The lowest BCUT2D eigenvalue weighted by molar-refractivity contribution is 0.203. The molecule has 7 nitrogen and oxygen atoms in total. The molecule has 1 aliphatic rings. The number of nitrogens with one attached hydrogen (secondary N) is 2. The quantitative estimate of drug-likeness (QED) is 0.490. The number of aliphatic hydroxyl groups is 1. The third-order valence-corrected chi connectivity index (χ3v) is 5.42. The number of rotatable bonds is 7. The van der Waals surface area contributed by atoms with Crippen molar-refractivity contribution in [2.24, 2.45) is 10.9 Å². The number of hydrogen-bond acceptors (Lipinski definition) is 5. The van der Waals surface area contributed by atoms with E-state index >= 15 is 0 Å². The molecule has 29 heavy (non-hydrogen) atoms. The minimum Gasteiger partial charge on any atom is -0.444 e. The summed E-state index contributed by atoms with van der Waals surface area (Å²) in [5.41, 5.74) is 3.33. The smallest absolute Gasteiger partial charge is 0.214 e. The van der Waals surface area contributed by atoms with Gasteiger partial charge in [-0.05, 0) is 57.2 Å². The number of guanidine groups is 1. The van der Waals surface area contributed by atoms with Gasteiger partial charge in [0.05, 0.1) is 18.8 Å². The normalized spacial score (nSPS) is 15.6. The van der Waals surface area contributed by atoms with Crippen LogP contribution < -0.4 is 15.5 Å². The summed E-state index contributed by atoms with van der Waals surface area (Å²) < 4.78 is 5.62. The number of aromatic nitrogens is 1. The largest absolute Gasteiger partial charge is 0.444 e. The molecular weight excluding hydrogens is 366 g/mol. The van der Waals surface area contributed by atoms with Gasteiger partial charge in [0.2, 0.25) is 5.89 Å². The number of aryl methyl sites for hydroxylation is 2. The summed E-state index contributed by atoms with van der Waals surface area (Å²) in [6, 6.07) is 8.62. The van der Waals surface area contributed by atoms with Gasteiger partial charge in [-0.3, -0.25) is 0 Å². The van der Waals surface area contributed by atoms with Crippen LogP contribution in [0.1, 0.15) is 42.7 Å². The lowest BCUT2D eigenvalue weighted by Gasteiger charge is -2.32. The molecule has 3 rings (SSSR count). The van der Waals surface area contributed by atoms with E-state index in [9.17, 15) is 5.11 Å². The van der Waals surface area contributed by atoms with E-state index in [4.69, 9.17) is 4.42 Å². The van der Waals surface area contributed by atoms with Gasteiger partial charge in [0.15, 0.2) is 5.96 Å². The number of anilines is 1. The predicted octanol–water partition coefficient (Wildman–Crippen LogP) is 2.76. The lowest BCUT2D eigenvalue weighted by atomic mass is 9.97. The molecule has 1 saturated heterocycles. The molecule has 1 aromatic heterocycles. The van der Waals surface area contributed by atoms with E-state index in [1.165, 1.54) is 11.3 Å². The molecule has 3 N–H and O–H groups in total. The van der Waals surface area contributed by atoms with Crippen molar-refractivity contribution in [2.45, 2.75) is 46.7 Å². The van der Waals surface area contributed by atoms with Gasteiger partial charge < -0.3 is 25.1 Å². The Bertz CT molecular complexity index is 773. The maximum atomic E-state index is 9.29. The first-order valence-corrected chi connectivity index (χ1v) is 10.5. The molecule has 0 saturated carbocycles. The standard InChI is InChI=1S/C22H33N5O2/c1-4-23-22(25-14-21-26-16(2)17(3)29-21)24-13-18-5-7-20(8-6-18)27-11-9-19(15-28)10-12-27/h5-8,19,28H,4,9-15H2,1-3H3,(H2,23,24,25). The van der Waals surface area contributed by atoms with Crippen LogP contribution in [-0.4, -0.2) is 42.3 Å². The van der Waals surface area contributed by atoms with Gasteiger partial charge in [0.25, 0.3) is 0 Å². The fourth-order valence-corrected chi connectivity index (χ4v) is 3.47. The van der Waals surface area contributed by atoms with E-state index in [1.807, 2.05) is 20.8 Å². The number of nitrogens with zero attached hydrogens (tertiary/aromatic N) is 3. The number of aliphatic imine (C=N–C) groups is 1. The molecule has 158 valence electrons. The molecule has 1 aliphatic heterocycles. The van der Waals surface area contributed by atoms with Crippen molar-refractivity contribution in [1.82, 2.24) is 15.6 Å². The highest BCUT2D eigenvalue weighted by Crippen LogP contribution is 2.23. The van der Waals surface area contributed by atoms with Crippen LogP contribution in [0, 0.1) is 19.8 Å². The SMILES string of the molecule is CCNC(=NCc1ccc(N2CCC(CO)CC2)cc1)NCc1nc(C)c(C)o1. The summed E-state index contributed by atoms with van der Waals surface area (Å²) in [5, 5.41) is 15.8. The average molecular weight is 400 g/mol. The van der Waals surface area contributed by atoms with Gasteiger partial charge in [-0.1, -0.05) is 12.1 Å². The maximum Gasteiger partial charge on any atom is 0.214 e. The van der Waals surface area contributed by atoms with Gasteiger partial charge in [-0.15, -0.1) is 0 Å². The van der Waals surface area contributed by atoms with Gasteiger partial charge in [-0.25, -0.2) is 9.98 Å². The van der Waals surface area contributed by atoms with E-state index in [1.54, 1.807) is 0 Å². The Hall–Kier alpha value is -2.54. The molecule has 0 spiro atoms. The minimum absolute atomic E-state index is 0.308.